The molecule has 1 amide bonds. The molecule has 0 spiro atoms. The van der Waals surface area contributed by atoms with Gasteiger partial charge in [0.1, 0.15) is 11.5 Å². The van der Waals surface area contributed by atoms with E-state index in [1.54, 1.807) is 19.3 Å². The highest BCUT2D eigenvalue weighted by Gasteiger charge is 2.39. The Kier molecular flexibility index (Phi) is 5.79. The first-order valence-electron chi connectivity index (χ1n) is 10.7. The Labute approximate surface area is 179 Å². The fourth-order valence-corrected chi connectivity index (χ4v) is 4.28. The third-order valence-electron chi connectivity index (χ3n) is 6.26. The molecular weight excluding hydrogens is 402 g/mol. The molecule has 1 aliphatic carbocycles. The number of rotatable bonds is 6. The Balaban J connectivity index is 1.66. The minimum absolute atomic E-state index is 0.0722. The number of nitrogens with zero attached hydrogens (tertiary/aromatic N) is 3. The number of H-pyrrole nitrogens is 1. The molecule has 4 rings (SSSR count). The molecule has 9 heteroatoms. The van der Waals surface area contributed by atoms with Crippen molar-refractivity contribution in [1.82, 2.24) is 25.1 Å². The van der Waals surface area contributed by atoms with E-state index in [9.17, 15) is 13.6 Å². The van der Waals surface area contributed by atoms with Gasteiger partial charge in [-0.05, 0) is 48.9 Å². The topological polar surface area (TPSA) is 102 Å². The fraction of sp³-hybridized carbons (Fsp3) is 0.500. The normalized spacial score (nSPS) is 18.7. The zero-order valence-electron chi connectivity index (χ0n) is 17.7. The number of amides is 1. The van der Waals surface area contributed by atoms with Crippen LogP contribution in [-0.2, 0) is 7.05 Å². The molecule has 31 heavy (non-hydrogen) atoms. The van der Waals surface area contributed by atoms with Crippen LogP contribution in [0.1, 0.15) is 73.0 Å². The number of benzene rings is 1. The van der Waals surface area contributed by atoms with Crippen LogP contribution >= 0.6 is 0 Å². The monoisotopic (exact) mass is 430 g/mol. The minimum Gasteiger partial charge on any atom is -0.340 e. The second kappa shape index (κ2) is 8.37. The molecule has 0 aliphatic heterocycles. The molecule has 3 aromatic rings. The number of aryl methyl sites for hydroxylation is 1. The van der Waals surface area contributed by atoms with Crippen molar-refractivity contribution in [1.29, 1.82) is 0 Å². The minimum atomic E-state index is -2.65. The molecule has 166 valence electrons. The lowest BCUT2D eigenvalue weighted by molar-refractivity contribution is -0.0496. The van der Waals surface area contributed by atoms with Gasteiger partial charge in [0.25, 0.3) is 5.91 Å². The van der Waals surface area contributed by atoms with Crippen LogP contribution in [0.5, 0.6) is 0 Å². The molecular formula is C22H28F2N6O. The highest BCUT2D eigenvalue weighted by molar-refractivity contribution is 5.92. The lowest BCUT2D eigenvalue weighted by atomic mass is 9.81. The van der Waals surface area contributed by atoms with Gasteiger partial charge in [0.2, 0.25) is 5.92 Å². The van der Waals surface area contributed by atoms with E-state index in [1.165, 1.54) is 4.68 Å². The Bertz CT molecular complexity index is 1070. The average Bonchev–Trinajstić information content (AvgIpc) is 3.37. The third kappa shape index (κ3) is 4.46. The van der Waals surface area contributed by atoms with E-state index in [2.05, 4.69) is 20.4 Å². The van der Waals surface area contributed by atoms with Crippen molar-refractivity contribution < 1.29 is 13.6 Å². The number of halogens is 2. The third-order valence-corrected chi connectivity index (χ3v) is 6.26. The standard InChI is InChI=1S/C22H28F2N6O/c1-3-15(25)14-4-5-16-17(12-14)28-20(27-16)19(13-6-9-22(23,24)10-7-13)29-21(31)18-8-11-26-30(18)2/h4-5,8,11-13,15,19H,3,6-7,9-10,25H2,1-2H3,(H,27,28)(H,29,31)/t15?,19-/m0/s1. The molecule has 0 radical (unpaired) electrons. The number of nitrogens with two attached hydrogens (primary N) is 1. The molecule has 4 N–H and O–H groups in total. The van der Waals surface area contributed by atoms with Crippen molar-refractivity contribution in [2.45, 2.75) is 57.0 Å². The summed E-state index contributed by atoms with van der Waals surface area (Å²) in [5, 5.41) is 7.06. The molecule has 2 heterocycles. The van der Waals surface area contributed by atoms with Gasteiger partial charge in [-0.2, -0.15) is 5.10 Å². The quantitative estimate of drug-likeness (QED) is 0.550. The number of fused-ring (bicyclic) bond motifs is 1. The molecule has 7 nitrogen and oxygen atoms in total. The summed E-state index contributed by atoms with van der Waals surface area (Å²) in [6.07, 6.45) is 2.60. The SMILES string of the molecule is CCC(N)c1ccc2nc([C@@H](NC(=O)c3ccnn3C)C3CCC(F)(F)CC3)[nH]c2c1. The fourth-order valence-electron chi connectivity index (χ4n) is 4.28. The van der Waals surface area contributed by atoms with E-state index in [1.807, 2.05) is 25.1 Å². The van der Waals surface area contributed by atoms with Gasteiger partial charge in [0, 0.05) is 32.1 Å². The van der Waals surface area contributed by atoms with E-state index >= 15 is 0 Å². The van der Waals surface area contributed by atoms with Crippen molar-refractivity contribution in [3.8, 4) is 0 Å². The number of aromatic amines is 1. The lowest BCUT2D eigenvalue weighted by Crippen LogP contribution is -2.38. The molecule has 0 bridgehead atoms. The van der Waals surface area contributed by atoms with Crippen LogP contribution in [0.2, 0.25) is 0 Å². The van der Waals surface area contributed by atoms with Gasteiger partial charge in [0.05, 0.1) is 17.1 Å². The van der Waals surface area contributed by atoms with Crippen molar-refractivity contribution in [3.05, 3.63) is 47.5 Å². The van der Waals surface area contributed by atoms with Gasteiger partial charge in [0.15, 0.2) is 0 Å². The summed E-state index contributed by atoms with van der Waals surface area (Å²) in [7, 11) is 1.69. The van der Waals surface area contributed by atoms with Gasteiger partial charge in [-0.3, -0.25) is 9.48 Å². The molecule has 1 fully saturated rings. The Morgan fingerprint density at radius 1 is 1.35 bits per heavy atom. The first-order valence-corrected chi connectivity index (χ1v) is 10.7. The number of aromatic nitrogens is 4. The first kappa shape index (κ1) is 21.4. The Hall–Kier alpha value is -2.81. The van der Waals surface area contributed by atoms with Crippen LogP contribution < -0.4 is 11.1 Å². The second-order valence-corrected chi connectivity index (χ2v) is 8.40. The van der Waals surface area contributed by atoms with Crippen LogP contribution in [0.4, 0.5) is 8.78 Å². The zero-order valence-corrected chi connectivity index (χ0v) is 17.7. The number of carbonyl (C=O) groups is 1. The van der Waals surface area contributed by atoms with Crippen molar-refractivity contribution in [3.63, 3.8) is 0 Å². The Morgan fingerprint density at radius 2 is 2.10 bits per heavy atom. The molecule has 1 saturated carbocycles. The number of imidazole rings is 1. The molecule has 2 aromatic heterocycles. The van der Waals surface area contributed by atoms with Crippen LogP contribution in [0.25, 0.3) is 11.0 Å². The highest BCUT2D eigenvalue weighted by atomic mass is 19.3. The molecule has 1 aliphatic rings. The summed E-state index contributed by atoms with van der Waals surface area (Å²) in [6, 6.07) is 6.86. The van der Waals surface area contributed by atoms with Crippen molar-refractivity contribution in [2.24, 2.45) is 18.7 Å². The number of carbonyl (C=O) groups excluding carboxylic acids is 1. The summed E-state index contributed by atoms with van der Waals surface area (Å²) in [6.45, 7) is 2.02. The van der Waals surface area contributed by atoms with E-state index in [0.29, 0.717) is 24.4 Å². The molecule has 0 saturated heterocycles. The van der Waals surface area contributed by atoms with E-state index in [0.717, 1.165) is 23.0 Å². The van der Waals surface area contributed by atoms with Gasteiger partial charge < -0.3 is 16.0 Å². The summed E-state index contributed by atoms with van der Waals surface area (Å²) in [4.78, 5) is 20.9. The van der Waals surface area contributed by atoms with Crippen molar-refractivity contribution >= 4 is 16.9 Å². The zero-order chi connectivity index (χ0) is 22.2. The maximum absolute atomic E-state index is 13.8. The highest BCUT2D eigenvalue weighted by Crippen LogP contribution is 2.41. The van der Waals surface area contributed by atoms with Crippen LogP contribution in [0.3, 0.4) is 0 Å². The molecule has 1 unspecified atom stereocenters. The number of nitrogens with one attached hydrogen (secondary N) is 2. The summed E-state index contributed by atoms with van der Waals surface area (Å²) in [5.74, 6) is -2.53. The summed E-state index contributed by atoms with van der Waals surface area (Å²) < 4.78 is 29.0. The van der Waals surface area contributed by atoms with Gasteiger partial charge in [-0.25, -0.2) is 13.8 Å². The first-order chi connectivity index (χ1) is 14.8. The van der Waals surface area contributed by atoms with E-state index in [-0.39, 0.29) is 30.7 Å². The molecule has 1 aromatic carbocycles. The Morgan fingerprint density at radius 3 is 2.74 bits per heavy atom. The van der Waals surface area contributed by atoms with Gasteiger partial charge >= 0.3 is 0 Å². The number of hydrogen-bond donors (Lipinski definition) is 3. The van der Waals surface area contributed by atoms with Gasteiger partial charge in [-0.1, -0.05) is 13.0 Å². The summed E-state index contributed by atoms with van der Waals surface area (Å²) >= 11 is 0. The maximum Gasteiger partial charge on any atom is 0.270 e. The number of hydrogen-bond acceptors (Lipinski definition) is 4. The number of alkyl halides is 2. The maximum atomic E-state index is 13.8. The predicted molar refractivity (Wildman–Crippen MR) is 114 cm³/mol. The smallest absolute Gasteiger partial charge is 0.270 e. The van der Waals surface area contributed by atoms with E-state index in [4.69, 9.17) is 5.73 Å². The van der Waals surface area contributed by atoms with E-state index < -0.39 is 12.0 Å². The second-order valence-electron chi connectivity index (χ2n) is 8.40. The molecule has 2 atom stereocenters. The summed E-state index contributed by atoms with van der Waals surface area (Å²) in [5.41, 5.74) is 9.13. The van der Waals surface area contributed by atoms with Gasteiger partial charge in [-0.15, -0.1) is 0 Å². The largest absolute Gasteiger partial charge is 0.340 e. The lowest BCUT2D eigenvalue weighted by Gasteiger charge is -2.33. The van der Waals surface area contributed by atoms with Crippen LogP contribution in [0.15, 0.2) is 30.5 Å². The van der Waals surface area contributed by atoms with Crippen LogP contribution in [0, 0.1) is 5.92 Å². The van der Waals surface area contributed by atoms with Crippen LogP contribution in [-0.4, -0.2) is 31.6 Å². The van der Waals surface area contributed by atoms with Crippen molar-refractivity contribution in [2.75, 3.05) is 0 Å². The average molecular weight is 431 g/mol. The predicted octanol–water partition coefficient (Wildman–Crippen LogP) is 4.00.